The second-order valence-corrected chi connectivity index (χ2v) is 12.6. The molecular weight excluding hydrogens is 591 g/mol. The van der Waals surface area contributed by atoms with Gasteiger partial charge in [0, 0.05) is 12.8 Å². The van der Waals surface area contributed by atoms with Crippen LogP contribution in [0.4, 0.5) is 0 Å². The molecule has 0 saturated heterocycles. The van der Waals surface area contributed by atoms with E-state index in [1.54, 1.807) is 6.92 Å². The van der Waals surface area contributed by atoms with E-state index in [2.05, 4.69) is 62.5 Å². The summed E-state index contributed by atoms with van der Waals surface area (Å²) in [5.74, 6) is -0.850. The van der Waals surface area contributed by atoms with Crippen molar-refractivity contribution in [2.24, 2.45) is 0 Å². The Labute approximate surface area is 274 Å². The van der Waals surface area contributed by atoms with Gasteiger partial charge in [0.15, 0.2) is 6.10 Å². The summed E-state index contributed by atoms with van der Waals surface area (Å²) < 4.78 is 32.4. The fourth-order valence-electron chi connectivity index (χ4n) is 4.34. The summed E-state index contributed by atoms with van der Waals surface area (Å²) >= 11 is 0. The van der Waals surface area contributed by atoms with Crippen LogP contribution in [0.25, 0.3) is 0 Å². The number of hydrogen-bond donors (Lipinski definition) is 1. The van der Waals surface area contributed by atoms with E-state index in [0.29, 0.717) is 6.42 Å². The third-order valence-corrected chi connectivity index (χ3v) is 7.93. The third kappa shape index (κ3) is 31.8. The van der Waals surface area contributed by atoms with Gasteiger partial charge in [-0.3, -0.25) is 18.6 Å². The number of carbonyl (C=O) groups is 2. The van der Waals surface area contributed by atoms with Gasteiger partial charge in [0.05, 0.1) is 13.2 Å². The van der Waals surface area contributed by atoms with Crippen LogP contribution in [0.5, 0.6) is 0 Å². The molecule has 1 N–H and O–H groups in total. The smallest absolute Gasteiger partial charge is 0.462 e. The van der Waals surface area contributed by atoms with Crippen LogP contribution < -0.4 is 0 Å². The first-order valence-electron chi connectivity index (χ1n) is 17.4. The quantitative estimate of drug-likeness (QED) is 0.0340. The van der Waals surface area contributed by atoms with Gasteiger partial charge in [0.2, 0.25) is 0 Å². The molecule has 0 aromatic carbocycles. The molecule has 8 nitrogen and oxygen atoms in total. The highest BCUT2D eigenvalue weighted by Gasteiger charge is 2.25. The molecule has 0 spiro atoms. The summed E-state index contributed by atoms with van der Waals surface area (Å²) in [5.41, 5.74) is 0. The highest BCUT2D eigenvalue weighted by atomic mass is 31.2. The molecule has 0 bridgehead atoms. The average molecular weight is 655 g/mol. The van der Waals surface area contributed by atoms with E-state index in [4.69, 9.17) is 18.5 Å². The van der Waals surface area contributed by atoms with Gasteiger partial charge in [-0.05, 0) is 77.6 Å². The van der Waals surface area contributed by atoms with Gasteiger partial charge in [-0.1, -0.05) is 101 Å². The van der Waals surface area contributed by atoms with Crippen molar-refractivity contribution in [3.8, 4) is 0 Å². The summed E-state index contributed by atoms with van der Waals surface area (Å²) in [7, 11) is -4.28. The van der Waals surface area contributed by atoms with Crippen molar-refractivity contribution in [3.05, 3.63) is 48.6 Å². The van der Waals surface area contributed by atoms with Gasteiger partial charge in [0.1, 0.15) is 6.61 Å². The maximum Gasteiger partial charge on any atom is 0.472 e. The van der Waals surface area contributed by atoms with Crippen molar-refractivity contribution in [1.82, 2.24) is 0 Å². The molecule has 0 aliphatic carbocycles. The van der Waals surface area contributed by atoms with Gasteiger partial charge < -0.3 is 14.4 Å². The lowest BCUT2D eigenvalue weighted by Crippen LogP contribution is -2.29. The van der Waals surface area contributed by atoms with Crippen LogP contribution in [0, 0.1) is 0 Å². The van der Waals surface area contributed by atoms with Crippen LogP contribution in [0.1, 0.15) is 143 Å². The van der Waals surface area contributed by atoms with E-state index in [0.717, 1.165) is 77.0 Å². The zero-order valence-electron chi connectivity index (χ0n) is 28.5. The largest absolute Gasteiger partial charge is 0.472 e. The first-order valence-corrected chi connectivity index (χ1v) is 18.9. The highest BCUT2D eigenvalue weighted by Crippen LogP contribution is 2.43. The second-order valence-electron chi connectivity index (χ2n) is 11.1. The first kappa shape index (κ1) is 43.0. The minimum Gasteiger partial charge on any atom is -0.462 e. The number of phosphoric ester groups is 1. The van der Waals surface area contributed by atoms with Gasteiger partial charge >= 0.3 is 19.8 Å². The molecule has 260 valence electrons. The molecule has 45 heavy (non-hydrogen) atoms. The molecule has 0 rings (SSSR count). The van der Waals surface area contributed by atoms with Crippen LogP contribution >= 0.6 is 7.82 Å². The Morgan fingerprint density at radius 1 is 0.622 bits per heavy atom. The summed E-state index contributed by atoms with van der Waals surface area (Å²) in [4.78, 5) is 34.4. The second kappa shape index (κ2) is 32.0. The number of allylic oxidation sites excluding steroid dienone is 8. The van der Waals surface area contributed by atoms with Gasteiger partial charge in [-0.25, -0.2) is 4.57 Å². The standard InChI is InChI=1S/C36H63O8P/c1-4-7-9-11-13-15-17-19-21-23-25-27-29-31-36(38)44-34(33-43-45(39,40)42-6-3)32-41-35(37)30-28-26-24-22-20-18-16-14-12-10-8-5-2/h7,9,13-16,19,21,34H,4-6,8,10-12,17-18,20,22-33H2,1-3H3,(H,39,40)/b9-7-,15-13-,16-14-,21-19-. The number of rotatable bonds is 31. The monoisotopic (exact) mass is 654 g/mol. The number of esters is 2. The summed E-state index contributed by atoms with van der Waals surface area (Å²) in [6.45, 7) is 5.25. The molecule has 2 unspecified atom stereocenters. The third-order valence-electron chi connectivity index (χ3n) is 6.87. The summed E-state index contributed by atoms with van der Waals surface area (Å²) in [6.07, 6.45) is 34.5. The number of carbonyl (C=O) groups excluding carboxylic acids is 2. The van der Waals surface area contributed by atoms with Crippen LogP contribution in [0.3, 0.4) is 0 Å². The predicted molar refractivity (Wildman–Crippen MR) is 184 cm³/mol. The molecular formula is C36H63O8P. The van der Waals surface area contributed by atoms with E-state index in [1.807, 2.05) is 0 Å². The van der Waals surface area contributed by atoms with Crippen molar-refractivity contribution in [1.29, 1.82) is 0 Å². The Bertz CT molecular complexity index is 880. The molecule has 0 saturated carbocycles. The van der Waals surface area contributed by atoms with Crippen LogP contribution in [-0.2, 0) is 32.7 Å². The number of phosphoric acid groups is 1. The zero-order valence-corrected chi connectivity index (χ0v) is 29.4. The minimum atomic E-state index is -4.28. The van der Waals surface area contributed by atoms with Gasteiger partial charge in [-0.15, -0.1) is 0 Å². The highest BCUT2D eigenvalue weighted by molar-refractivity contribution is 7.47. The molecule has 0 aliphatic heterocycles. The fourth-order valence-corrected chi connectivity index (χ4v) is 5.10. The Morgan fingerprint density at radius 2 is 1.13 bits per heavy atom. The number of hydrogen-bond acceptors (Lipinski definition) is 7. The maximum absolute atomic E-state index is 12.4. The molecule has 0 aromatic rings. The normalized spacial score (nSPS) is 14.1. The molecule has 2 atom stereocenters. The maximum atomic E-state index is 12.4. The Kier molecular flexibility index (Phi) is 30.6. The number of ether oxygens (including phenoxy) is 2. The molecule has 0 heterocycles. The van der Waals surface area contributed by atoms with Crippen molar-refractivity contribution in [3.63, 3.8) is 0 Å². The van der Waals surface area contributed by atoms with Crippen molar-refractivity contribution in [2.45, 2.75) is 149 Å². The van der Waals surface area contributed by atoms with E-state index in [9.17, 15) is 19.0 Å². The molecule has 9 heteroatoms. The van der Waals surface area contributed by atoms with E-state index in [1.165, 1.54) is 25.7 Å². The summed E-state index contributed by atoms with van der Waals surface area (Å²) in [5, 5.41) is 0. The van der Waals surface area contributed by atoms with E-state index < -0.39 is 26.5 Å². The lowest BCUT2D eigenvalue weighted by molar-refractivity contribution is -0.161. The average Bonchev–Trinajstić information content (AvgIpc) is 3.01. The van der Waals surface area contributed by atoms with E-state index >= 15 is 0 Å². The SMILES string of the molecule is CC/C=C\C/C=C\C/C=C\CCCCCC(=O)OC(COC(=O)CCCCCCC/C=C\CCCCC)COP(=O)(O)OCC. The Balaban J connectivity index is 4.28. The zero-order chi connectivity index (χ0) is 33.3. The molecule has 0 aromatic heterocycles. The van der Waals surface area contributed by atoms with Crippen molar-refractivity contribution >= 4 is 19.8 Å². The van der Waals surface area contributed by atoms with Gasteiger partial charge in [0.25, 0.3) is 0 Å². The molecule has 0 fully saturated rings. The molecule has 0 radical (unpaired) electrons. The summed E-state index contributed by atoms with van der Waals surface area (Å²) in [6, 6.07) is 0. The number of unbranched alkanes of at least 4 members (excludes halogenated alkanes) is 11. The Hall–Kier alpha value is -1.99. The predicted octanol–water partition coefficient (Wildman–Crippen LogP) is 10.3. The van der Waals surface area contributed by atoms with Crippen molar-refractivity contribution < 1.29 is 37.6 Å². The topological polar surface area (TPSA) is 108 Å². The van der Waals surface area contributed by atoms with E-state index in [-0.39, 0.29) is 32.0 Å². The van der Waals surface area contributed by atoms with Gasteiger partial charge in [-0.2, -0.15) is 0 Å². The van der Waals surface area contributed by atoms with Crippen molar-refractivity contribution in [2.75, 3.05) is 19.8 Å². The van der Waals surface area contributed by atoms with Crippen LogP contribution in [-0.4, -0.2) is 42.8 Å². The minimum absolute atomic E-state index is 0.00843. The van der Waals surface area contributed by atoms with Crippen LogP contribution in [0.2, 0.25) is 0 Å². The lowest BCUT2D eigenvalue weighted by atomic mass is 10.1. The molecule has 0 amide bonds. The van der Waals surface area contributed by atoms with Crippen LogP contribution in [0.15, 0.2) is 48.6 Å². The first-order chi connectivity index (χ1) is 21.8. The fraction of sp³-hybridized carbons (Fsp3) is 0.722. The molecule has 0 aliphatic rings. The lowest BCUT2D eigenvalue weighted by Gasteiger charge is -2.19. The Morgan fingerprint density at radius 3 is 1.76 bits per heavy atom.